The minimum absolute atomic E-state index is 0.0358. The summed E-state index contributed by atoms with van der Waals surface area (Å²) in [5.41, 5.74) is 0.387. The van der Waals surface area contributed by atoms with Crippen LogP contribution in [0.2, 0.25) is 0 Å². The van der Waals surface area contributed by atoms with Crippen LogP contribution in [0.15, 0.2) is 42.5 Å². The Hall–Kier alpha value is -3.22. The molecule has 0 fully saturated rings. The minimum Gasteiger partial charge on any atom is -0.490 e. The number of esters is 1. The van der Waals surface area contributed by atoms with E-state index in [0.717, 1.165) is 6.42 Å². The molecular formula is C20H18O7. The summed E-state index contributed by atoms with van der Waals surface area (Å²) >= 11 is 0. The average molecular weight is 370 g/mol. The first-order chi connectivity index (χ1) is 13.2. The van der Waals surface area contributed by atoms with Gasteiger partial charge in [0, 0.05) is 12.0 Å². The average Bonchev–Trinajstić information content (AvgIpc) is 2.96. The SMILES string of the molecule is O=C(COC(=O)C1COc2ccccc2O1)c1ccc2c(c1)OCCCO2. The molecule has 0 radical (unpaired) electrons. The fourth-order valence-corrected chi connectivity index (χ4v) is 2.79. The molecule has 2 aliphatic heterocycles. The summed E-state index contributed by atoms with van der Waals surface area (Å²) in [7, 11) is 0. The Bertz CT molecular complexity index is 861. The van der Waals surface area contributed by atoms with Gasteiger partial charge in [-0.05, 0) is 30.3 Å². The maximum absolute atomic E-state index is 12.4. The molecule has 0 aromatic heterocycles. The molecule has 2 aliphatic rings. The summed E-state index contributed by atoms with van der Waals surface area (Å²) in [5.74, 6) is 1.19. The van der Waals surface area contributed by atoms with Crippen LogP contribution in [-0.2, 0) is 9.53 Å². The van der Waals surface area contributed by atoms with Crippen LogP contribution in [0.3, 0.4) is 0 Å². The molecule has 0 amide bonds. The van der Waals surface area contributed by atoms with Gasteiger partial charge >= 0.3 is 5.97 Å². The van der Waals surface area contributed by atoms with Crippen molar-refractivity contribution >= 4 is 11.8 Å². The van der Waals surface area contributed by atoms with Gasteiger partial charge in [-0.1, -0.05) is 12.1 Å². The van der Waals surface area contributed by atoms with Crippen LogP contribution in [0.5, 0.6) is 23.0 Å². The molecule has 0 spiro atoms. The number of fused-ring (bicyclic) bond motifs is 2. The first-order valence-electron chi connectivity index (χ1n) is 8.69. The van der Waals surface area contributed by atoms with Gasteiger partial charge in [0.05, 0.1) is 13.2 Å². The van der Waals surface area contributed by atoms with Crippen molar-refractivity contribution in [3.05, 3.63) is 48.0 Å². The van der Waals surface area contributed by atoms with Crippen LogP contribution in [0.1, 0.15) is 16.8 Å². The number of hydrogen-bond donors (Lipinski definition) is 0. The van der Waals surface area contributed by atoms with Crippen molar-refractivity contribution < 1.29 is 33.3 Å². The minimum atomic E-state index is -0.906. The maximum atomic E-state index is 12.4. The zero-order valence-electron chi connectivity index (χ0n) is 14.5. The van der Waals surface area contributed by atoms with Crippen LogP contribution in [0, 0.1) is 0 Å². The van der Waals surface area contributed by atoms with Crippen molar-refractivity contribution in [2.75, 3.05) is 26.4 Å². The number of ether oxygens (including phenoxy) is 5. The van der Waals surface area contributed by atoms with Crippen molar-refractivity contribution in [1.29, 1.82) is 0 Å². The van der Waals surface area contributed by atoms with Gasteiger partial charge in [0.25, 0.3) is 0 Å². The van der Waals surface area contributed by atoms with E-state index in [4.69, 9.17) is 23.7 Å². The first-order valence-corrected chi connectivity index (χ1v) is 8.69. The molecule has 1 unspecified atom stereocenters. The number of rotatable bonds is 4. The van der Waals surface area contributed by atoms with Crippen LogP contribution >= 0.6 is 0 Å². The third kappa shape index (κ3) is 3.81. The summed E-state index contributed by atoms with van der Waals surface area (Å²) in [6.07, 6.45) is -0.126. The van der Waals surface area contributed by atoms with E-state index in [9.17, 15) is 9.59 Å². The highest BCUT2D eigenvalue weighted by atomic mass is 16.6. The topological polar surface area (TPSA) is 80.3 Å². The molecule has 1 atom stereocenters. The molecule has 0 aliphatic carbocycles. The largest absolute Gasteiger partial charge is 0.490 e. The van der Waals surface area contributed by atoms with E-state index in [1.165, 1.54) is 0 Å². The van der Waals surface area contributed by atoms with E-state index in [1.54, 1.807) is 36.4 Å². The van der Waals surface area contributed by atoms with Crippen LogP contribution in [0.4, 0.5) is 0 Å². The molecule has 0 N–H and O–H groups in total. The second kappa shape index (κ2) is 7.57. The Labute approximate surface area is 155 Å². The summed E-state index contributed by atoms with van der Waals surface area (Å²) in [6, 6.07) is 12.0. The fourth-order valence-electron chi connectivity index (χ4n) is 2.79. The lowest BCUT2D eigenvalue weighted by molar-refractivity contribution is -0.153. The highest BCUT2D eigenvalue weighted by Crippen LogP contribution is 2.32. The predicted octanol–water partition coefficient (Wildman–Crippen LogP) is 2.41. The van der Waals surface area contributed by atoms with Crippen LogP contribution < -0.4 is 18.9 Å². The number of carbonyl (C=O) groups is 2. The smallest absolute Gasteiger partial charge is 0.351 e. The quantitative estimate of drug-likeness (QED) is 0.604. The van der Waals surface area contributed by atoms with E-state index >= 15 is 0 Å². The molecule has 27 heavy (non-hydrogen) atoms. The van der Waals surface area contributed by atoms with Crippen molar-refractivity contribution in [1.82, 2.24) is 0 Å². The summed E-state index contributed by atoms with van der Waals surface area (Å²) in [6.45, 7) is 0.749. The number of carbonyl (C=O) groups excluding carboxylic acids is 2. The highest BCUT2D eigenvalue weighted by molar-refractivity contribution is 5.98. The zero-order valence-corrected chi connectivity index (χ0v) is 14.5. The lowest BCUT2D eigenvalue weighted by Crippen LogP contribution is -2.38. The van der Waals surface area contributed by atoms with Gasteiger partial charge in [-0.15, -0.1) is 0 Å². The molecule has 2 heterocycles. The van der Waals surface area contributed by atoms with E-state index in [0.29, 0.717) is 41.8 Å². The van der Waals surface area contributed by atoms with Gasteiger partial charge in [0.15, 0.2) is 35.4 Å². The fraction of sp³-hybridized carbons (Fsp3) is 0.300. The van der Waals surface area contributed by atoms with Crippen LogP contribution in [-0.4, -0.2) is 44.3 Å². The Morgan fingerprint density at radius 2 is 1.67 bits per heavy atom. The molecule has 0 saturated carbocycles. The Balaban J connectivity index is 1.35. The predicted molar refractivity (Wildman–Crippen MR) is 93.7 cm³/mol. The monoisotopic (exact) mass is 370 g/mol. The van der Waals surface area contributed by atoms with Gasteiger partial charge in [-0.25, -0.2) is 4.79 Å². The summed E-state index contributed by atoms with van der Waals surface area (Å²) in [4.78, 5) is 24.6. The second-order valence-corrected chi connectivity index (χ2v) is 6.11. The van der Waals surface area contributed by atoms with Crippen molar-refractivity contribution in [2.24, 2.45) is 0 Å². The number of ketones is 1. The van der Waals surface area contributed by atoms with Crippen molar-refractivity contribution in [2.45, 2.75) is 12.5 Å². The molecular weight excluding hydrogens is 352 g/mol. The van der Waals surface area contributed by atoms with Gasteiger partial charge in [0.1, 0.15) is 6.61 Å². The molecule has 7 heteroatoms. The third-order valence-corrected chi connectivity index (χ3v) is 4.19. The molecule has 0 saturated heterocycles. The first kappa shape index (κ1) is 17.2. The molecule has 7 nitrogen and oxygen atoms in total. The van der Waals surface area contributed by atoms with E-state index in [2.05, 4.69) is 0 Å². The number of Topliss-reactive ketones (excluding diaryl/α,β-unsaturated/α-hetero) is 1. The maximum Gasteiger partial charge on any atom is 0.351 e. The number of hydrogen-bond acceptors (Lipinski definition) is 7. The van der Waals surface area contributed by atoms with E-state index in [1.807, 2.05) is 6.07 Å². The van der Waals surface area contributed by atoms with Gasteiger partial charge < -0.3 is 23.7 Å². The molecule has 2 aromatic carbocycles. The van der Waals surface area contributed by atoms with Gasteiger partial charge in [0.2, 0.25) is 6.10 Å². The van der Waals surface area contributed by atoms with Gasteiger partial charge in [-0.2, -0.15) is 0 Å². The molecule has 0 bridgehead atoms. The summed E-state index contributed by atoms with van der Waals surface area (Å²) in [5, 5.41) is 0. The third-order valence-electron chi connectivity index (χ3n) is 4.19. The lowest BCUT2D eigenvalue weighted by Gasteiger charge is -2.24. The van der Waals surface area contributed by atoms with E-state index in [-0.39, 0.29) is 19.0 Å². The normalized spacial score (nSPS) is 17.6. The number of benzene rings is 2. The Morgan fingerprint density at radius 3 is 2.52 bits per heavy atom. The summed E-state index contributed by atoms with van der Waals surface area (Å²) < 4.78 is 27.3. The van der Waals surface area contributed by atoms with Gasteiger partial charge in [-0.3, -0.25) is 4.79 Å². The molecule has 4 rings (SSSR count). The zero-order chi connectivity index (χ0) is 18.6. The lowest BCUT2D eigenvalue weighted by atomic mass is 10.1. The highest BCUT2D eigenvalue weighted by Gasteiger charge is 2.29. The van der Waals surface area contributed by atoms with Crippen molar-refractivity contribution in [3.63, 3.8) is 0 Å². The van der Waals surface area contributed by atoms with Crippen molar-refractivity contribution in [3.8, 4) is 23.0 Å². The number of para-hydroxylation sites is 2. The Kier molecular flexibility index (Phi) is 4.82. The van der Waals surface area contributed by atoms with Crippen LogP contribution in [0.25, 0.3) is 0 Å². The van der Waals surface area contributed by atoms with E-state index < -0.39 is 12.1 Å². The standard InChI is InChI=1S/C20H18O7/c21-14(13-6-7-16-18(10-13)24-9-3-8-23-16)11-26-20(22)19-12-25-15-4-1-2-5-17(15)27-19/h1-2,4-7,10,19H,3,8-9,11-12H2. The Morgan fingerprint density at radius 1 is 0.926 bits per heavy atom. The molecule has 2 aromatic rings. The second-order valence-electron chi connectivity index (χ2n) is 6.11. The molecule has 140 valence electrons.